The zero-order valence-electron chi connectivity index (χ0n) is 6.37. The minimum atomic E-state index is -0.107. The third-order valence-electron chi connectivity index (χ3n) is 1.39. The highest BCUT2D eigenvalue weighted by molar-refractivity contribution is 5.05. The Morgan fingerprint density at radius 3 is 3.18 bits per heavy atom. The van der Waals surface area contributed by atoms with Crippen molar-refractivity contribution in [1.29, 1.82) is 5.26 Å². The summed E-state index contributed by atoms with van der Waals surface area (Å²) < 4.78 is 4.86. The van der Waals surface area contributed by atoms with Gasteiger partial charge in [-0.25, -0.2) is 0 Å². The molecular weight excluding hydrogens is 140 g/mol. The average Bonchev–Trinajstić information content (AvgIpc) is 2.52. The average molecular weight is 150 g/mol. The molecule has 0 amide bonds. The van der Waals surface area contributed by atoms with Crippen LogP contribution >= 0.6 is 0 Å². The molecule has 11 heavy (non-hydrogen) atoms. The van der Waals surface area contributed by atoms with Gasteiger partial charge in [-0.1, -0.05) is 0 Å². The van der Waals surface area contributed by atoms with Gasteiger partial charge in [0.2, 0.25) is 0 Å². The summed E-state index contributed by atoms with van der Waals surface area (Å²) in [4.78, 5) is 0. The second-order valence-electron chi connectivity index (χ2n) is 2.36. The fourth-order valence-electron chi connectivity index (χ4n) is 0.710. The second kappa shape index (κ2) is 3.79. The number of nitrogens with zero attached hydrogens (tertiary/aromatic N) is 1. The maximum atomic E-state index is 8.43. The largest absolute Gasteiger partial charge is 0.472 e. The van der Waals surface area contributed by atoms with E-state index in [1.54, 1.807) is 12.5 Å². The van der Waals surface area contributed by atoms with Crippen LogP contribution < -0.4 is 5.32 Å². The Bertz CT molecular complexity index is 235. The molecule has 3 nitrogen and oxygen atoms in total. The predicted octanol–water partition coefficient (Wildman–Crippen LogP) is 1.28. The van der Waals surface area contributed by atoms with Gasteiger partial charge in [0, 0.05) is 12.1 Å². The summed E-state index contributed by atoms with van der Waals surface area (Å²) in [5.74, 6) is 0. The Morgan fingerprint density at radius 1 is 1.82 bits per heavy atom. The van der Waals surface area contributed by atoms with Crippen LogP contribution in [0.15, 0.2) is 23.0 Å². The number of hydrogen-bond donors (Lipinski definition) is 1. The topological polar surface area (TPSA) is 49.0 Å². The van der Waals surface area contributed by atoms with Crippen molar-refractivity contribution in [3.8, 4) is 6.07 Å². The third-order valence-corrected chi connectivity index (χ3v) is 1.39. The van der Waals surface area contributed by atoms with Crippen LogP contribution in [0.3, 0.4) is 0 Å². The lowest BCUT2D eigenvalue weighted by Gasteiger charge is -2.02. The molecule has 0 bridgehead atoms. The van der Waals surface area contributed by atoms with Gasteiger partial charge in [0.25, 0.3) is 0 Å². The van der Waals surface area contributed by atoms with Crippen LogP contribution in [0.1, 0.15) is 12.5 Å². The highest BCUT2D eigenvalue weighted by Gasteiger charge is 1.98. The minimum Gasteiger partial charge on any atom is -0.472 e. The van der Waals surface area contributed by atoms with Crippen LogP contribution in [-0.4, -0.2) is 6.04 Å². The zero-order chi connectivity index (χ0) is 8.10. The highest BCUT2D eigenvalue weighted by Crippen LogP contribution is 1.98. The summed E-state index contributed by atoms with van der Waals surface area (Å²) in [6.07, 6.45) is 3.28. The fraction of sp³-hybridized carbons (Fsp3) is 0.375. The summed E-state index contributed by atoms with van der Waals surface area (Å²) >= 11 is 0. The van der Waals surface area contributed by atoms with E-state index in [4.69, 9.17) is 9.68 Å². The molecule has 0 aliphatic carbocycles. The normalized spacial score (nSPS) is 12.4. The maximum absolute atomic E-state index is 8.43. The monoisotopic (exact) mass is 150 g/mol. The molecule has 58 valence electrons. The quantitative estimate of drug-likeness (QED) is 0.706. The molecule has 0 aromatic carbocycles. The van der Waals surface area contributed by atoms with E-state index < -0.39 is 0 Å². The van der Waals surface area contributed by atoms with Crippen molar-refractivity contribution >= 4 is 0 Å². The molecule has 0 saturated carbocycles. The Balaban J connectivity index is 2.30. The van der Waals surface area contributed by atoms with Crippen LogP contribution in [0, 0.1) is 11.3 Å². The van der Waals surface area contributed by atoms with Crippen LogP contribution in [0.5, 0.6) is 0 Å². The van der Waals surface area contributed by atoms with Crippen LogP contribution in [0.4, 0.5) is 0 Å². The van der Waals surface area contributed by atoms with Crippen LogP contribution in [0.25, 0.3) is 0 Å². The van der Waals surface area contributed by atoms with Crippen molar-refractivity contribution in [1.82, 2.24) is 5.32 Å². The molecule has 0 saturated heterocycles. The molecule has 0 fully saturated rings. The first-order chi connectivity index (χ1) is 5.33. The first-order valence-electron chi connectivity index (χ1n) is 3.47. The zero-order valence-corrected chi connectivity index (χ0v) is 6.37. The summed E-state index contributed by atoms with van der Waals surface area (Å²) in [6.45, 7) is 2.51. The molecule has 3 heteroatoms. The molecule has 0 spiro atoms. The van der Waals surface area contributed by atoms with Crippen molar-refractivity contribution in [2.45, 2.75) is 19.5 Å². The van der Waals surface area contributed by atoms with Gasteiger partial charge in [0.05, 0.1) is 24.6 Å². The van der Waals surface area contributed by atoms with Gasteiger partial charge in [-0.15, -0.1) is 0 Å². The molecular formula is C8H10N2O. The standard InChI is InChI=1S/C8H10N2O/c1-7(4-9)10-5-8-2-3-11-6-8/h2-3,6-7,10H,5H2,1H3. The molecule has 0 aliphatic heterocycles. The predicted molar refractivity (Wildman–Crippen MR) is 40.6 cm³/mol. The van der Waals surface area contributed by atoms with Gasteiger partial charge in [-0.3, -0.25) is 5.32 Å². The van der Waals surface area contributed by atoms with Crippen molar-refractivity contribution in [3.05, 3.63) is 24.2 Å². The lowest BCUT2D eigenvalue weighted by atomic mass is 10.3. The molecule has 1 unspecified atom stereocenters. The van der Waals surface area contributed by atoms with Gasteiger partial charge in [-0.2, -0.15) is 5.26 Å². The van der Waals surface area contributed by atoms with E-state index in [-0.39, 0.29) is 6.04 Å². The van der Waals surface area contributed by atoms with Gasteiger partial charge in [0.1, 0.15) is 0 Å². The van der Waals surface area contributed by atoms with E-state index in [0.717, 1.165) is 5.56 Å². The molecule has 1 aromatic heterocycles. The number of nitriles is 1. The molecule has 1 heterocycles. The molecule has 1 rings (SSSR count). The van der Waals surface area contributed by atoms with E-state index in [0.29, 0.717) is 6.54 Å². The van der Waals surface area contributed by atoms with Gasteiger partial charge < -0.3 is 4.42 Å². The molecule has 0 radical (unpaired) electrons. The van der Waals surface area contributed by atoms with Crippen LogP contribution in [-0.2, 0) is 6.54 Å². The van der Waals surface area contributed by atoms with Crippen LogP contribution in [0.2, 0.25) is 0 Å². The Labute approximate surface area is 65.6 Å². The van der Waals surface area contributed by atoms with Crippen molar-refractivity contribution in [2.75, 3.05) is 0 Å². The Hall–Kier alpha value is -1.27. The number of rotatable bonds is 3. The summed E-state index contributed by atoms with van der Waals surface area (Å²) in [6, 6.07) is 3.85. The fourth-order valence-corrected chi connectivity index (χ4v) is 0.710. The molecule has 1 atom stereocenters. The summed E-state index contributed by atoms with van der Waals surface area (Å²) in [5, 5.41) is 11.4. The first-order valence-corrected chi connectivity index (χ1v) is 3.47. The summed E-state index contributed by atoms with van der Waals surface area (Å²) in [5.41, 5.74) is 1.06. The Morgan fingerprint density at radius 2 is 2.64 bits per heavy atom. The minimum absolute atomic E-state index is 0.107. The second-order valence-corrected chi connectivity index (χ2v) is 2.36. The number of nitrogens with one attached hydrogen (secondary N) is 1. The smallest absolute Gasteiger partial charge is 0.0947 e. The number of hydrogen-bond acceptors (Lipinski definition) is 3. The van der Waals surface area contributed by atoms with E-state index in [2.05, 4.69) is 11.4 Å². The van der Waals surface area contributed by atoms with Gasteiger partial charge in [-0.05, 0) is 13.0 Å². The van der Waals surface area contributed by atoms with Gasteiger partial charge >= 0.3 is 0 Å². The highest BCUT2D eigenvalue weighted by atomic mass is 16.3. The van der Waals surface area contributed by atoms with E-state index >= 15 is 0 Å². The molecule has 1 N–H and O–H groups in total. The maximum Gasteiger partial charge on any atom is 0.0947 e. The van der Waals surface area contributed by atoms with Crippen molar-refractivity contribution in [3.63, 3.8) is 0 Å². The van der Waals surface area contributed by atoms with E-state index in [9.17, 15) is 0 Å². The first kappa shape index (κ1) is 7.83. The molecule has 1 aromatic rings. The van der Waals surface area contributed by atoms with Crippen molar-refractivity contribution < 1.29 is 4.42 Å². The number of furan rings is 1. The SMILES string of the molecule is CC(C#N)NCc1ccoc1. The Kier molecular flexibility index (Phi) is 2.70. The van der Waals surface area contributed by atoms with Gasteiger partial charge in [0.15, 0.2) is 0 Å². The lowest BCUT2D eigenvalue weighted by molar-refractivity contribution is 0.558. The van der Waals surface area contributed by atoms with E-state index in [1.165, 1.54) is 0 Å². The lowest BCUT2D eigenvalue weighted by Crippen LogP contribution is -2.23. The van der Waals surface area contributed by atoms with E-state index in [1.807, 2.05) is 13.0 Å². The van der Waals surface area contributed by atoms with Crippen molar-refractivity contribution in [2.24, 2.45) is 0 Å². The third kappa shape index (κ3) is 2.44. The summed E-state index contributed by atoms with van der Waals surface area (Å²) in [7, 11) is 0. The molecule has 0 aliphatic rings.